The Kier molecular flexibility index (Phi) is 2.39. The third-order valence-corrected chi connectivity index (χ3v) is 2.96. The second-order valence-electron chi connectivity index (χ2n) is 4.55. The zero-order valence-corrected chi connectivity index (χ0v) is 9.36. The molecular weight excluding hydrogens is 206 g/mol. The number of rotatable bonds is 2. The number of benzene rings is 1. The van der Waals surface area contributed by atoms with Crippen LogP contribution in [0.15, 0.2) is 30.3 Å². The lowest BCUT2D eigenvalue weighted by atomic mass is 9.89. The summed E-state index contributed by atoms with van der Waals surface area (Å²) in [6, 6.07) is 9.49. The highest BCUT2D eigenvalue weighted by Crippen LogP contribution is 2.32. The third kappa shape index (κ3) is 1.76. The molecule has 86 valence electrons. The van der Waals surface area contributed by atoms with Crippen LogP contribution < -0.4 is 5.32 Å². The van der Waals surface area contributed by atoms with Gasteiger partial charge in [-0.05, 0) is 19.4 Å². The maximum Gasteiger partial charge on any atom is 0.410 e. The first kappa shape index (κ1) is 11.0. The van der Waals surface area contributed by atoms with Crippen molar-refractivity contribution in [3.63, 3.8) is 0 Å². The number of carbonyl (C=O) groups excluding carboxylic acids is 1. The van der Waals surface area contributed by atoms with Crippen LogP contribution in [0.1, 0.15) is 19.4 Å². The molecule has 2 N–H and O–H groups in total. The summed E-state index contributed by atoms with van der Waals surface area (Å²) in [5.74, 6) is 0. The third-order valence-electron chi connectivity index (χ3n) is 2.96. The summed E-state index contributed by atoms with van der Waals surface area (Å²) in [5.41, 5.74) is -1.34. The lowest BCUT2D eigenvalue weighted by Crippen LogP contribution is -2.55. The molecule has 0 aromatic heterocycles. The van der Waals surface area contributed by atoms with Crippen LogP contribution in [0.3, 0.4) is 0 Å². The van der Waals surface area contributed by atoms with Crippen molar-refractivity contribution < 1.29 is 14.6 Å². The molecule has 1 unspecified atom stereocenters. The molecule has 0 aliphatic carbocycles. The van der Waals surface area contributed by atoms with Crippen LogP contribution in [-0.2, 0) is 11.2 Å². The van der Waals surface area contributed by atoms with E-state index >= 15 is 0 Å². The number of carbonyl (C=O) groups is 1. The van der Waals surface area contributed by atoms with Crippen LogP contribution in [0.4, 0.5) is 4.79 Å². The Balaban J connectivity index is 2.23. The van der Waals surface area contributed by atoms with Crippen LogP contribution in [0, 0.1) is 0 Å². The van der Waals surface area contributed by atoms with Crippen molar-refractivity contribution >= 4 is 6.09 Å². The van der Waals surface area contributed by atoms with E-state index in [4.69, 9.17) is 4.74 Å². The van der Waals surface area contributed by atoms with Crippen LogP contribution in [0.2, 0.25) is 0 Å². The van der Waals surface area contributed by atoms with E-state index in [1.54, 1.807) is 13.8 Å². The summed E-state index contributed by atoms with van der Waals surface area (Å²) in [5, 5.41) is 12.8. The SMILES string of the molecule is CC1(C)OC(=O)NC1(O)Cc1ccccc1. The van der Waals surface area contributed by atoms with Gasteiger partial charge in [0, 0.05) is 6.42 Å². The van der Waals surface area contributed by atoms with Crippen LogP contribution >= 0.6 is 0 Å². The number of aliphatic hydroxyl groups is 1. The molecule has 4 heteroatoms. The van der Waals surface area contributed by atoms with E-state index in [1.165, 1.54) is 0 Å². The average Bonchev–Trinajstić information content (AvgIpc) is 2.36. The summed E-state index contributed by atoms with van der Waals surface area (Å²) < 4.78 is 5.04. The average molecular weight is 221 g/mol. The molecule has 1 heterocycles. The quantitative estimate of drug-likeness (QED) is 0.794. The largest absolute Gasteiger partial charge is 0.438 e. The van der Waals surface area contributed by atoms with Gasteiger partial charge in [0.05, 0.1) is 0 Å². The topological polar surface area (TPSA) is 58.6 Å². The summed E-state index contributed by atoms with van der Waals surface area (Å²) in [4.78, 5) is 11.2. The first-order valence-corrected chi connectivity index (χ1v) is 5.20. The highest BCUT2D eigenvalue weighted by molar-refractivity contribution is 5.71. The van der Waals surface area contributed by atoms with Crippen LogP contribution in [-0.4, -0.2) is 22.5 Å². The number of ether oxygens (including phenoxy) is 1. The Hall–Kier alpha value is -1.55. The molecule has 1 fully saturated rings. The standard InChI is InChI=1S/C12H15NO3/c1-11(2)12(15,13-10(14)16-11)8-9-6-4-3-5-7-9/h3-7,15H,8H2,1-2H3,(H,13,14). The molecule has 1 amide bonds. The predicted octanol–water partition coefficient (Wildman–Crippen LogP) is 1.44. The minimum atomic E-state index is -1.36. The zero-order valence-electron chi connectivity index (χ0n) is 9.36. The minimum Gasteiger partial charge on any atom is -0.438 e. The normalized spacial score (nSPS) is 27.3. The van der Waals surface area contributed by atoms with E-state index in [-0.39, 0.29) is 0 Å². The Labute approximate surface area is 94.2 Å². The summed E-state index contributed by atoms with van der Waals surface area (Å²) in [7, 11) is 0. The summed E-state index contributed by atoms with van der Waals surface area (Å²) in [6.45, 7) is 3.38. The Morgan fingerprint density at radius 2 is 1.94 bits per heavy atom. The summed E-state index contributed by atoms with van der Waals surface area (Å²) >= 11 is 0. The van der Waals surface area contributed by atoms with Gasteiger partial charge in [0.2, 0.25) is 0 Å². The number of nitrogens with one attached hydrogen (secondary N) is 1. The zero-order chi connectivity index (χ0) is 11.8. The monoisotopic (exact) mass is 221 g/mol. The Morgan fingerprint density at radius 1 is 1.31 bits per heavy atom. The molecule has 2 rings (SSSR count). The molecule has 1 aromatic rings. The maximum atomic E-state index is 11.2. The number of cyclic esters (lactones) is 1. The predicted molar refractivity (Wildman–Crippen MR) is 58.8 cm³/mol. The first-order valence-electron chi connectivity index (χ1n) is 5.20. The van der Waals surface area contributed by atoms with Gasteiger partial charge in [0.15, 0.2) is 11.3 Å². The Morgan fingerprint density at radius 3 is 2.44 bits per heavy atom. The molecule has 1 aliphatic heterocycles. The number of hydrogen-bond acceptors (Lipinski definition) is 3. The fraction of sp³-hybridized carbons (Fsp3) is 0.417. The molecule has 0 spiro atoms. The smallest absolute Gasteiger partial charge is 0.410 e. The number of alkyl carbamates (subject to hydrolysis) is 1. The number of hydrogen-bond donors (Lipinski definition) is 2. The van der Waals surface area contributed by atoms with Gasteiger partial charge < -0.3 is 9.84 Å². The molecular formula is C12H15NO3. The van der Waals surface area contributed by atoms with Gasteiger partial charge in [-0.25, -0.2) is 4.79 Å². The highest BCUT2D eigenvalue weighted by atomic mass is 16.6. The minimum absolute atomic E-state index is 0.326. The van der Waals surface area contributed by atoms with Crippen molar-refractivity contribution in [1.82, 2.24) is 5.32 Å². The van der Waals surface area contributed by atoms with Gasteiger partial charge in [0.25, 0.3) is 0 Å². The summed E-state index contributed by atoms with van der Waals surface area (Å²) in [6.07, 6.45) is -0.254. The lowest BCUT2D eigenvalue weighted by Gasteiger charge is -2.32. The second kappa shape index (κ2) is 3.49. The molecule has 16 heavy (non-hydrogen) atoms. The van der Waals surface area contributed by atoms with Crippen molar-refractivity contribution in [2.45, 2.75) is 31.6 Å². The molecule has 1 aromatic carbocycles. The first-order chi connectivity index (χ1) is 7.43. The van der Waals surface area contributed by atoms with Gasteiger partial charge in [-0.15, -0.1) is 0 Å². The van der Waals surface area contributed by atoms with Gasteiger partial charge in [-0.2, -0.15) is 0 Å². The van der Waals surface area contributed by atoms with E-state index < -0.39 is 17.4 Å². The lowest BCUT2D eigenvalue weighted by molar-refractivity contribution is -0.0945. The molecule has 0 saturated carbocycles. The van der Waals surface area contributed by atoms with Crippen molar-refractivity contribution in [1.29, 1.82) is 0 Å². The van der Waals surface area contributed by atoms with Gasteiger partial charge >= 0.3 is 6.09 Å². The van der Waals surface area contributed by atoms with Gasteiger partial charge in [-0.3, -0.25) is 5.32 Å². The van der Waals surface area contributed by atoms with E-state index in [9.17, 15) is 9.90 Å². The van der Waals surface area contributed by atoms with Gasteiger partial charge in [-0.1, -0.05) is 30.3 Å². The van der Waals surface area contributed by atoms with Crippen LogP contribution in [0.5, 0.6) is 0 Å². The van der Waals surface area contributed by atoms with Crippen molar-refractivity contribution in [3.8, 4) is 0 Å². The second-order valence-corrected chi connectivity index (χ2v) is 4.55. The van der Waals surface area contributed by atoms with E-state index in [1.807, 2.05) is 30.3 Å². The molecule has 1 aliphatic rings. The number of amides is 1. The molecule has 1 saturated heterocycles. The molecule has 4 nitrogen and oxygen atoms in total. The van der Waals surface area contributed by atoms with Gasteiger partial charge in [0.1, 0.15) is 0 Å². The van der Waals surface area contributed by atoms with E-state index in [0.717, 1.165) is 5.56 Å². The van der Waals surface area contributed by atoms with Crippen LogP contribution in [0.25, 0.3) is 0 Å². The van der Waals surface area contributed by atoms with Crippen molar-refractivity contribution in [2.75, 3.05) is 0 Å². The molecule has 0 radical (unpaired) electrons. The fourth-order valence-electron chi connectivity index (χ4n) is 1.81. The molecule has 1 atom stereocenters. The maximum absolute atomic E-state index is 11.2. The van der Waals surface area contributed by atoms with Crippen molar-refractivity contribution in [3.05, 3.63) is 35.9 Å². The highest BCUT2D eigenvalue weighted by Gasteiger charge is 2.53. The van der Waals surface area contributed by atoms with E-state index in [2.05, 4.69) is 5.32 Å². The van der Waals surface area contributed by atoms with Crippen molar-refractivity contribution in [2.24, 2.45) is 0 Å². The molecule has 0 bridgehead atoms. The van der Waals surface area contributed by atoms with E-state index in [0.29, 0.717) is 6.42 Å². The fourth-order valence-corrected chi connectivity index (χ4v) is 1.81. The Bertz CT molecular complexity index is 402.